The third-order valence-electron chi connectivity index (χ3n) is 4.88. The minimum Gasteiger partial charge on any atom is -0.351 e. The number of nitrogens with zero attached hydrogens (tertiary/aromatic N) is 2. The Morgan fingerprint density at radius 1 is 1.08 bits per heavy atom. The first-order valence-corrected chi connectivity index (χ1v) is 8.93. The van der Waals surface area contributed by atoms with Crippen LogP contribution >= 0.6 is 0 Å². The Kier molecular flexibility index (Phi) is 4.20. The highest BCUT2D eigenvalue weighted by Gasteiger charge is 2.14. The van der Waals surface area contributed by atoms with E-state index in [0.717, 1.165) is 23.9 Å². The maximum atomic E-state index is 4.62. The predicted molar refractivity (Wildman–Crippen MR) is 99.6 cm³/mol. The first kappa shape index (κ1) is 15.2. The average molecular weight is 320 g/mol. The van der Waals surface area contributed by atoms with Gasteiger partial charge in [0.1, 0.15) is 5.82 Å². The zero-order valence-corrected chi connectivity index (χ0v) is 14.2. The minimum absolute atomic E-state index is 0.516. The zero-order valence-electron chi connectivity index (χ0n) is 14.2. The molecule has 0 unspecified atom stereocenters. The number of anilines is 3. The van der Waals surface area contributed by atoms with Crippen molar-refractivity contribution in [2.24, 2.45) is 0 Å². The van der Waals surface area contributed by atoms with Crippen molar-refractivity contribution in [3.63, 3.8) is 0 Å². The number of rotatable bonds is 4. The molecule has 0 amide bonds. The summed E-state index contributed by atoms with van der Waals surface area (Å²) >= 11 is 0. The molecule has 0 atom stereocenters. The lowest BCUT2D eigenvalue weighted by molar-refractivity contribution is 0.461. The van der Waals surface area contributed by atoms with Crippen LogP contribution in [0.25, 0.3) is 6.08 Å². The summed E-state index contributed by atoms with van der Waals surface area (Å²) in [4.78, 5) is 8.99. The smallest absolute Gasteiger partial charge is 0.224 e. The van der Waals surface area contributed by atoms with Gasteiger partial charge in [0.2, 0.25) is 5.95 Å². The van der Waals surface area contributed by atoms with Gasteiger partial charge in [-0.3, -0.25) is 0 Å². The average Bonchev–Trinajstić information content (AvgIpc) is 2.95. The molecule has 1 fully saturated rings. The fourth-order valence-electron chi connectivity index (χ4n) is 3.66. The summed E-state index contributed by atoms with van der Waals surface area (Å²) in [5, 5.41) is 6.89. The zero-order chi connectivity index (χ0) is 16.4. The Labute approximate surface area is 143 Å². The predicted octanol–water partition coefficient (Wildman–Crippen LogP) is 4.92. The molecule has 0 bridgehead atoms. The van der Waals surface area contributed by atoms with Gasteiger partial charge in [-0.05, 0) is 55.5 Å². The fraction of sp³-hybridized carbons (Fsp3) is 0.400. The fourth-order valence-corrected chi connectivity index (χ4v) is 3.66. The molecule has 0 aliphatic heterocycles. The van der Waals surface area contributed by atoms with Crippen molar-refractivity contribution < 1.29 is 0 Å². The third kappa shape index (κ3) is 3.42. The van der Waals surface area contributed by atoms with Gasteiger partial charge in [0.05, 0.1) is 0 Å². The molecule has 1 aromatic carbocycles. The minimum atomic E-state index is 0.516. The van der Waals surface area contributed by atoms with E-state index in [2.05, 4.69) is 51.8 Å². The van der Waals surface area contributed by atoms with E-state index in [0.29, 0.717) is 6.04 Å². The summed E-state index contributed by atoms with van der Waals surface area (Å²) in [7, 11) is 0. The summed E-state index contributed by atoms with van der Waals surface area (Å²) in [5.41, 5.74) is 5.21. The number of aromatic nitrogens is 2. The molecule has 1 aromatic heterocycles. The number of hydrogen-bond acceptors (Lipinski definition) is 4. The van der Waals surface area contributed by atoms with Crippen molar-refractivity contribution in [2.45, 2.75) is 51.5 Å². The summed E-state index contributed by atoms with van der Waals surface area (Å²) in [6.07, 6.45) is 11.5. The summed E-state index contributed by atoms with van der Waals surface area (Å²) in [6.45, 7) is 2.18. The van der Waals surface area contributed by atoms with Gasteiger partial charge in [0.25, 0.3) is 0 Å². The Balaban J connectivity index is 1.47. The van der Waals surface area contributed by atoms with E-state index in [1.807, 2.05) is 12.3 Å². The lowest BCUT2D eigenvalue weighted by Crippen LogP contribution is -2.23. The van der Waals surface area contributed by atoms with Crippen LogP contribution in [0.2, 0.25) is 0 Å². The number of allylic oxidation sites excluding steroid dienone is 1. The molecule has 4 nitrogen and oxygen atoms in total. The van der Waals surface area contributed by atoms with Crippen LogP contribution in [0, 0.1) is 0 Å². The summed E-state index contributed by atoms with van der Waals surface area (Å²) in [6, 6.07) is 8.96. The van der Waals surface area contributed by atoms with E-state index in [4.69, 9.17) is 0 Å². The van der Waals surface area contributed by atoms with Crippen LogP contribution in [-0.4, -0.2) is 16.0 Å². The third-order valence-corrected chi connectivity index (χ3v) is 4.88. The van der Waals surface area contributed by atoms with E-state index < -0.39 is 0 Å². The molecular formula is C20H24N4. The highest BCUT2D eigenvalue weighted by atomic mass is 15.1. The molecule has 2 aliphatic carbocycles. The van der Waals surface area contributed by atoms with Crippen molar-refractivity contribution >= 4 is 23.5 Å². The first-order chi connectivity index (χ1) is 11.8. The molecule has 0 saturated heterocycles. The lowest BCUT2D eigenvalue weighted by atomic mass is 9.96. The number of benzene rings is 1. The van der Waals surface area contributed by atoms with Crippen molar-refractivity contribution in [3.8, 4) is 0 Å². The van der Waals surface area contributed by atoms with Gasteiger partial charge in [-0.25, -0.2) is 4.98 Å². The number of fused-ring (bicyclic) bond motifs is 1. The Morgan fingerprint density at radius 3 is 2.83 bits per heavy atom. The molecule has 4 heteroatoms. The van der Waals surface area contributed by atoms with Crippen LogP contribution in [0.3, 0.4) is 0 Å². The van der Waals surface area contributed by atoms with Crippen LogP contribution in [0.15, 0.2) is 36.0 Å². The standard InChI is InChI=1S/C20H24N4/c1-14-11-15-7-8-18(13-16(15)12-14)22-19-9-10-21-20(24-19)23-17-5-3-2-4-6-17/h7-10,12-13,17H,2-6,11H2,1H3,(H2,21,22,23,24). The molecule has 24 heavy (non-hydrogen) atoms. The van der Waals surface area contributed by atoms with Gasteiger partial charge in [-0.15, -0.1) is 0 Å². The quantitative estimate of drug-likeness (QED) is 0.839. The van der Waals surface area contributed by atoms with Crippen LogP contribution in [0.1, 0.15) is 50.2 Å². The summed E-state index contributed by atoms with van der Waals surface area (Å²) < 4.78 is 0. The molecule has 1 saturated carbocycles. The first-order valence-electron chi connectivity index (χ1n) is 8.93. The highest BCUT2D eigenvalue weighted by Crippen LogP contribution is 2.28. The SMILES string of the molecule is CC1=Cc2cc(Nc3ccnc(NC4CCCCC4)n3)ccc2C1. The summed E-state index contributed by atoms with van der Waals surface area (Å²) in [5.74, 6) is 1.56. The molecule has 4 rings (SSSR count). The van der Waals surface area contributed by atoms with E-state index >= 15 is 0 Å². The van der Waals surface area contributed by atoms with Crippen molar-refractivity contribution in [3.05, 3.63) is 47.2 Å². The second kappa shape index (κ2) is 6.63. The Hall–Kier alpha value is -2.36. The van der Waals surface area contributed by atoms with E-state index in [1.165, 1.54) is 48.8 Å². The monoisotopic (exact) mass is 320 g/mol. The van der Waals surface area contributed by atoms with E-state index in [-0.39, 0.29) is 0 Å². The Morgan fingerprint density at radius 2 is 1.96 bits per heavy atom. The van der Waals surface area contributed by atoms with Crippen molar-refractivity contribution in [1.82, 2.24) is 9.97 Å². The molecule has 2 aromatic rings. The Bertz CT molecular complexity index is 760. The lowest BCUT2D eigenvalue weighted by Gasteiger charge is -2.22. The molecule has 2 N–H and O–H groups in total. The van der Waals surface area contributed by atoms with Crippen LogP contribution in [0.4, 0.5) is 17.5 Å². The van der Waals surface area contributed by atoms with Crippen LogP contribution in [0.5, 0.6) is 0 Å². The molecule has 1 heterocycles. The normalized spacial score (nSPS) is 17.3. The van der Waals surface area contributed by atoms with Gasteiger partial charge in [-0.2, -0.15) is 4.98 Å². The van der Waals surface area contributed by atoms with Crippen LogP contribution < -0.4 is 10.6 Å². The highest BCUT2D eigenvalue weighted by molar-refractivity contribution is 5.69. The second-order valence-electron chi connectivity index (χ2n) is 6.95. The molecule has 0 spiro atoms. The van der Waals surface area contributed by atoms with Gasteiger partial charge >= 0.3 is 0 Å². The molecule has 2 aliphatic rings. The van der Waals surface area contributed by atoms with E-state index in [1.54, 1.807) is 0 Å². The van der Waals surface area contributed by atoms with Gasteiger partial charge < -0.3 is 10.6 Å². The van der Waals surface area contributed by atoms with Crippen LogP contribution in [-0.2, 0) is 6.42 Å². The maximum absolute atomic E-state index is 4.62. The van der Waals surface area contributed by atoms with Gasteiger partial charge in [0.15, 0.2) is 0 Å². The van der Waals surface area contributed by atoms with E-state index in [9.17, 15) is 0 Å². The van der Waals surface area contributed by atoms with Crippen molar-refractivity contribution in [1.29, 1.82) is 0 Å². The largest absolute Gasteiger partial charge is 0.351 e. The topological polar surface area (TPSA) is 49.8 Å². The maximum Gasteiger partial charge on any atom is 0.224 e. The second-order valence-corrected chi connectivity index (χ2v) is 6.95. The number of nitrogens with one attached hydrogen (secondary N) is 2. The number of hydrogen-bond donors (Lipinski definition) is 2. The molecular weight excluding hydrogens is 296 g/mol. The molecule has 124 valence electrons. The van der Waals surface area contributed by atoms with Crippen molar-refractivity contribution in [2.75, 3.05) is 10.6 Å². The van der Waals surface area contributed by atoms with Gasteiger partial charge in [0, 0.05) is 17.9 Å². The van der Waals surface area contributed by atoms with Gasteiger partial charge in [-0.1, -0.05) is 37.0 Å². The molecule has 0 radical (unpaired) electrons.